The van der Waals surface area contributed by atoms with Gasteiger partial charge < -0.3 is 10.0 Å². The maximum atomic E-state index is 13.4. The monoisotopic (exact) mass is 294 g/mol. The second-order valence-electron chi connectivity index (χ2n) is 5.69. The predicted molar refractivity (Wildman–Crippen MR) is 80.0 cm³/mol. The number of piperidine rings is 1. The molecule has 0 aliphatic carbocycles. The minimum Gasteiger partial charge on any atom is -0.478 e. The van der Waals surface area contributed by atoms with Crippen molar-refractivity contribution in [1.82, 2.24) is 9.80 Å². The summed E-state index contributed by atoms with van der Waals surface area (Å²) in [6, 6.07) is 4.31. The Labute approximate surface area is 125 Å². The Kier molecular flexibility index (Phi) is 5.31. The van der Waals surface area contributed by atoms with Crippen molar-refractivity contribution in [2.45, 2.75) is 32.4 Å². The van der Waals surface area contributed by atoms with Gasteiger partial charge in [-0.15, -0.1) is 0 Å². The number of nitrogens with zero attached hydrogens (tertiary/aromatic N) is 2. The molecule has 116 valence electrons. The molecule has 5 heteroatoms. The Bertz CT molecular complexity index is 499. The number of carboxylic acid groups (broad SMARTS) is 1. The second-order valence-corrected chi connectivity index (χ2v) is 5.69. The third kappa shape index (κ3) is 4.02. The van der Waals surface area contributed by atoms with Crippen LogP contribution in [0.3, 0.4) is 0 Å². The number of carbonyl (C=O) groups is 1. The molecule has 1 saturated heterocycles. The van der Waals surface area contributed by atoms with Crippen molar-refractivity contribution >= 4 is 5.97 Å². The Hall–Kier alpha value is -1.46. The van der Waals surface area contributed by atoms with Crippen molar-refractivity contribution in [1.29, 1.82) is 0 Å². The summed E-state index contributed by atoms with van der Waals surface area (Å²) in [4.78, 5) is 15.8. The number of aromatic carboxylic acids is 1. The van der Waals surface area contributed by atoms with Crippen molar-refractivity contribution in [2.75, 3.05) is 26.7 Å². The minimum absolute atomic E-state index is 0.189. The highest BCUT2D eigenvalue weighted by molar-refractivity contribution is 5.89. The molecule has 1 aliphatic heterocycles. The molecule has 0 atom stereocenters. The molecular weight excluding hydrogens is 271 g/mol. The lowest BCUT2D eigenvalue weighted by molar-refractivity contribution is 0.0693. The van der Waals surface area contributed by atoms with E-state index in [-0.39, 0.29) is 11.4 Å². The summed E-state index contributed by atoms with van der Waals surface area (Å²) in [6.07, 6.45) is 2.14. The highest BCUT2D eigenvalue weighted by atomic mass is 19.1. The number of likely N-dealkylation sites (tertiary alicyclic amines) is 1. The van der Waals surface area contributed by atoms with Crippen LogP contribution >= 0.6 is 0 Å². The molecule has 1 fully saturated rings. The largest absolute Gasteiger partial charge is 0.478 e. The number of carboxylic acids is 1. The van der Waals surface area contributed by atoms with Gasteiger partial charge in [0.15, 0.2) is 0 Å². The lowest BCUT2D eigenvalue weighted by atomic mass is 10.0. The smallest absolute Gasteiger partial charge is 0.336 e. The summed E-state index contributed by atoms with van der Waals surface area (Å²) in [5.74, 6) is -1.39. The molecule has 0 spiro atoms. The zero-order chi connectivity index (χ0) is 15.4. The highest BCUT2D eigenvalue weighted by Crippen LogP contribution is 2.20. The number of benzene rings is 1. The fourth-order valence-corrected chi connectivity index (χ4v) is 2.98. The van der Waals surface area contributed by atoms with Crippen molar-refractivity contribution in [2.24, 2.45) is 0 Å². The maximum absolute atomic E-state index is 13.4. The molecule has 0 bridgehead atoms. The van der Waals surface area contributed by atoms with E-state index in [1.54, 1.807) is 0 Å². The number of hydrogen-bond acceptors (Lipinski definition) is 3. The van der Waals surface area contributed by atoms with Crippen LogP contribution in [0.2, 0.25) is 0 Å². The Morgan fingerprint density at radius 3 is 2.67 bits per heavy atom. The van der Waals surface area contributed by atoms with E-state index in [0.29, 0.717) is 18.2 Å². The predicted octanol–water partition coefficient (Wildman–Crippen LogP) is 2.44. The molecular formula is C16H23FN2O2. The van der Waals surface area contributed by atoms with Crippen LogP contribution in [0.1, 0.15) is 35.7 Å². The maximum Gasteiger partial charge on any atom is 0.336 e. The summed E-state index contributed by atoms with van der Waals surface area (Å²) < 4.78 is 13.4. The molecule has 1 aromatic carbocycles. The van der Waals surface area contributed by atoms with Crippen LogP contribution in [0.5, 0.6) is 0 Å². The molecule has 2 rings (SSSR count). The minimum atomic E-state index is -1.00. The molecule has 1 heterocycles. The van der Waals surface area contributed by atoms with Crippen molar-refractivity contribution in [3.8, 4) is 0 Å². The fourth-order valence-electron chi connectivity index (χ4n) is 2.98. The normalized spacial score (nSPS) is 17.3. The van der Waals surface area contributed by atoms with Gasteiger partial charge >= 0.3 is 5.97 Å². The molecule has 0 radical (unpaired) electrons. The standard InChI is InChI=1S/C16H23FN2O2/c1-3-19-8-6-14(7-9-19)18(2)11-12-10-13(17)4-5-15(12)16(20)21/h4-5,10,14H,3,6-9,11H2,1-2H3,(H,20,21). The van der Waals surface area contributed by atoms with Crippen LogP contribution in [0.4, 0.5) is 4.39 Å². The van der Waals surface area contributed by atoms with E-state index in [9.17, 15) is 14.3 Å². The zero-order valence-corrected chi connectivity index (χ0v) is 12.7. The van der Waals surface area contributed by atoms with Gasteiger partial charge in [0, 0.05) is 12.6 Å². The van der Waals surface area contributed by atoms with Gasteiger partial charge in [-0.1, -0.05) is 6.92 Å². The first-order valence-electron chi connectivity index (χ1n) is 7.45. The Balaban J connectivity index is 2.04. The molecule has 1 aliphatic rings. The molecule has 0 unspecified atom stereocenters. The molecule has 1 aromatic rings. The Morgan fingerprint density at radius 2 is 2.10 bits per heavy atom. The lowest BCUT2D eigenvalue weighted by Gasteiger charge is -2.36. The topological polar surface area (TPSA) is 43.8 Å². The molecule has 0 saturated carbocycles. The van der Waals surface area contributed by atoms with Gasteiger partial charge in [-0.2, -0.15) is 0 Å². The molecule has 21 heavy (non-hydrogen) atoms. The fraction of sp³-hybridized carbons (Fsp3) is 0.562. The number of halogens is 1. The quantitative estimate of drug-likeness (QED) is 0.906. The summed E-state index contributed by atoms with van der Waals surface area (Å²) in [5.41, 5.74) is 0.733. The van der Waals surface area contributed by atoms with E-state index < -0.39 is 5.97 Å². The van der Waals surface area contributed by atoms with E-state index in [4.69, 9.17) is 0 Å². The average molecular weight is 294 g/mol. The first-order chi connectivity index (χ1) is 10.0. The van der Waals surface area contributed by atoms with Crippen molar-refractivity contribution in [3.63, 3.8) is 0 Å². The van der Waals surface area contributed by atoms with E-state index >= 15 is 0 Å². The average Bonchev–Trinajstić information content (AvgIpc) is 2.47. The Morgan fingerprint density at radius 1 is 1.43 bits per heavy atom. The van der Waals surface area contributed by atoms with Gasteiger partial charge in [0.1, 0.15) is 5.82 Å². The van der Waals surface area contributed by atoms with Gasteiger partial charge in [0.2, 0.25) is 0 Å². The van der Waals surface area contributed by atoms with Gasteiger partial charge in [0.05, 0.1) is 5.56 Å². The van der Waals surface area contributed by atoms with E-state index in [0.717, 1.165) is 32.5 Å². The highest BCUT2D eigenvalue weighted by Gasteiger charge is 2.23. The van der Waals surface area contributed by atoms with Crippen molar-refractivity contribution in [3.05, 3.63) is 35.1 Å². The SMILES string of the molecule is CCN1CCC(N(C)Cc2cc(F)ccc2C(=O)O)CC1. The first kappa shape index (κ1) is 15.9. The number of rotatable bonds is 5. The van der Waals surface area contributed by atoms with Crippen LogP contribution in [-0.4, -0.2) is 53.6 Å². The van der Waals surface area contributed by atoms with Gasteiger partial charge in [-0.3, -0.25) is 4.90 Å². The summed E-state index contributed by atoms with van der Waals surface area (Å²) >= 11 is 0. The molecule has 0 amide bonds. The van der Waals surface area contributed by atoms with Gasteiger partial charge in [-0.25, -0.2) is 9.18 Å². The summed E-state index contributed by atoms with van der Waals surface area (Å²) in [7, 11) is 1.99. The van der Waals surface area contributed by atoms with Gasteiger partial charge in [-0.05, 0) is 63.3 Å². The van der Waals surface area contributed by atoms with Crippen LogP contribution in [0, 0.1) is 5.82 Å². The van der Waals surface area contributed by atoms with Crippen LogP contribution in [-0.2, 0) is 6.54 Å². The van der Waals surface area contributed by atoms with E-state index in [1.807, 2.05) is 7.05 Å². The second kappa shape index (κ2) is 7.00. The van der Waals surface area contributed by atoms with Crippen LogP contribution < -0.4 is 0 Å². The molecule has 0 aromatic heterocycles. The molecule has 1 N–H and O–H groups in total. The van der Waals surface area contributed by atoms with Crippen LogP contribution in [0.25, 0.3) is 0 Å². The zero-order valence-electron chi connectivity index (χ0n) is 12.7. The van der Waals surface area contributed by atoms with Gasteiger partial charge in [0.25, 0.3) is 0 Å². The van der Waals surface area contributed by atoms with E-state index in [2.05, 4.69) is 16.7 Å². The number of hydrogen-bond donors (Lipinski definition) is 1. The third-order valence-electron chi connectivity index (χ3n) is 4.35. The van der Waals surface area contributed by atoms with E-state index in [1.165, 1.54) is 18.2 Å². The third-order valence-corrected chi connectivity index (χ3v) is 4.35. The summed E-state index contributed by atoms with van der Waals surface area (Å²) in [6.45, 7) is 5.84. The van der Waals surface area contributed by atoms with Crippen molar-refractivity contribution < 1.29 is 14.3 Å². The molecule has 4 nitrogen and oxygen atoms in total. The van der Waals surface area contributed by atoms with Crippen LogP contribution in [0.15, 0.2) is 18.2 Å². The first-order valence-corrected chi connectivity index (χ1v) is 7.45. The lowest BCUT2D eigenvalue weighted by Crippen LogP contribution is -2.43. The summed E-state index contributed by atoms with van der Waals surface area (Å²) in [5, 5.41) is 9.20.